The quantitative estimate of drug-likeness (QED) is 0.689. The van der Waals surface area contributed by atoms with Crippen LogP contribution in [0, 0.1) is 18.7 Å². The second-order valence-corrected chi connectivity index (χ2v) is 8.82. The Hall–Kier alpha value is -2.32. The molecule has 4 rings (SSSR count). The Morgan fingerprint density at radius 2 is 2.04 bits per heavy atom. The predicted octanol–water partition coefficient (Wildman–Crippen LogP) is 2.98. The first-order valence-electron chi connectivity index (χ1n) is 8.99. The number of sulfonamides is 1. The molecule has 0 N–H and O–H groups in total. The van der Waals surface area contributed by atoms with Gasteiger partial charge in [0, 0.05) is 25.8 Å². The molecule has 6 nitrogen and oxygen atoms in total. The Bertz CT molecular complexity index is 1080. The third kappa shape index (κ3) is 3.35. The van der Waals surface area contributed by atoms with Crippen LogP contribution in [-0.2, 0) is 16.6 Å². The molecule has 27 heavy (non-hydrogen) atoms. The van der Waals surface area contributed by atoms with Crippen LogP contribution in [0.5, 0.6) is 0 Å². The molecular weight excluding hydrogens is 367 g/mol. The van der Waals surface area contributed by atoms with Crippen molar-refractivity contribution in [3.63, 3.8) is 0 Å². The zero-order chi connectivity index (χ0) is 19.0. The van der Waals surface area contributed by atoms with E-state index in [1.54, 1.807) is 12.3 Å². The molecule has 142 valence electrons. The van der Waals surface area contributed by atoms with Gasteiger partial charge in [0.1, 0.15) is 22.1 Å². The lowest BCUT2D eigenvalue weighted by molar-refractivity contribution is 0.245. The number of hydrogen-bond acceptors (Lipinski definition) is 4. The highest BCUT2D eigenvalue weighted by Gasteiger charge is 2.32. The number of pyridine rings is 1. The number of rotatable bonds is 4. The fourth-order valence-electron chi connectivity index (χ4n) is 3.74. The molecule has 0 aliphatic carbocycles. The Balaban J connectivity index is 1.58. The van der Waals surface area contributed by atoms with Crippen molar-refractivity contribution in [2.45, 2.75) is 31.2 Å². The minimum atomic E-state index is -3.84. The van der Waals surface area contributed by atoms with Crippen molar-refractivity contribution in [3.8, 4) is 0 Å². The molecule has 0 radical (unpaired) electrons. The van der Waals surface area contributed by atoms with Crippen LogP contribution in [-0.4, -0.2) is 40.3 Å². The lowest BCUT2D eigenvalue weighted by atomic mass is 9.99. The van der Waals surface area contributed by atoms with Gasteiger partial charge in [0.25, 0.3) is 0 Å². The van der Waals surface area contributed by atoms with E-state index < -0.39 is 15.8 Å². The van der Waals surface area contributed by atoms with E-state index in [9.17, 15) is 12.8 Å². The Morgan fingerprint density at radius 1 is 1.22 bits per heavy atom. The number of benzene rings is 1. The number of fused-ring (bicyclic) bond motifs is 1. The first kappa shape index (κ1) is 18.1. The Labute approximate surface area is 157 Å². The monoisotopic (exact) mass is 388 g/mol. The smallest absolute Gasteiger partial charge is 0.245 e. The fourth-order valence-corrected chi connectivity index (χ4v) is 5.36. The summed E-state index contributed by atoms with van der Waals surface area (Å²) >= 11 is 0. The van der Waals surface area contributed by atoms with Gasteiger partial charge >= 0.3 is 0 Å². The fraction of sp³-hybridized carbons (Fsp3) is 0.368. The van der Waals surface area contributed by atoms with Crippen molar-refractivity contribution >= 4 is 21.2 Å². The molecule has 0 spiro atoms. The van der Waals surface area contributed by atoms with Gasteiger partial charge in [-0.05, 0) is 49.9 Å². The minimum Gasteiger partial charge on any atom is -0.313 e. The highest BCUT2D eigenvalue weighted by molar-refractivity contribution is 7.89. The average molecular weight is 388 g/mol. The van der Waals surface area contributed by atoms with Crippen molar-refractivity contribution in [1.82, 2.24) is 18.8 Å². The minimum absolute atomic E-state index is 0.124. The summed E-state index contributed by atoms with van der Waals surface area (Å²) in [6, 6.07) is 9.31. The second kappa shape index (κ2) is 7.01. The first-order valence-corrected chi connectivity index (χ1v) is 10.4. The highest BCUT2D eigenvalue weighted by atomic mass is 32.2. The van der Waals surface area contributed by atoms with Gasteiger partial charge in [-0.1, -0.05) is 12.1 Å². The van der Waals surface area contributed by atoms with Crippen molar-refractivity contribution in [1.29, 1.82) is 0 Å². The van der Waals surface area contributed by atoms with Gasteiger partial charge in [-0.25, -0.2) is 22.8 Å². The molecule has 1 saturated heterocycles. The molecule has 1 fully saturated rings. The third-order valence-electron chi connectivity index (χ3n) is 5.07. The summed E-state index contributed by atoms with van der Waals surface area (Å²) in [5.74, 6) is 0.275. The second-order valence-electron chi connectivity index (χ2n) is 6.92. The summed E-state index contributed by atoms with van der Waals surface area (Å²) in [5.41, 5.74) is 1.64. The van der Waals surface area contributed by atoms with Crippen LogP contribution in [0.15, 0.2) is 47.5 Å². The SMILES string of the molecule is Cc1nc2cccnc2n1CC1CCCN(S(=O)(=O)c2ccccc2F)C1. The molecule has 3 heterocycles. The molecule has 3 aromatic rings. The van der Waals surface area contributed by atoms with Crippen LogP contribution in [0.3, 0.4) is 0 Å². The van der Waals surface area contributed by atoms with Crippen molar-refractivity contribution in [2.24, 2.45) is 5.92 Å². The van der Waals surface area contributed by atoms with Crippen molar-refractivity contribution in [2.75, 3.05) is 13.1 Å². The van der Waals surface area contributed by atoms with Crippen LogP contribution in [0.2, 0.25) is 0 Å². The zero-order valence-electron chi connectivity index (χ0n) is 15.0. The average Bonchev–Trinajstić information content (AvgIpc) is 2.98. The van der Waals surface area contributed by atoms with Crippen molar-refractivity contribution in [3.05, 3.63) is 54.2 Å². The summed E-state index contributed by atoms with van der Waals surface area (Å²) in [5, 5.41) is 0. The number of imidazole rings is 1. The highest BCUT2D eigenvalue weighted by Crippen LogP contribution is 2.27. The van der Waals surface area contributed by atoms with Crippen LogP contribution in [0.4, 0.5) is 4.39 Å². The number of aromatic nitrogens is 3. The Kier molecular flexibility index (Phi) is 4.69. The van der Waals surface area contributed by atoms with Crippen molar-refractivity contribution < 1.29 is 12.8 Å². The maximum atomic E-state index is 14.0. The van der Waals surface area contributed by atoms with E-state index >= 15 is 0 Å². The summed E-state index contributed by atoms with van der Waals surface area (Å²) < 4.78 is 43.3. The molecule has 8 heteroatoms. The first-order chi connectivity index (χ1) is 13.0. The van der Waals surface area contributed by atoms with E-state index in [0.717, 1.165) is 29.8 Å². The van der Waals surface area contributed by atoms with Crippen LogP contribution in [0.1, 0.15) is 18.7 Å². The van der Waals surface area contributed by atoms with Gasteiger partial charge in [-0.3, -0.25) is 0 Å². The number of nitrogens with zero attached hydrogens (tertiary/aromatic N) is 4. The Morgan fingerprint density at radius 3 is 2.85 bits per heavy atom. The maximum Gasteiger partial charge on any atom is 0.245 e. The number of aryl methyl sites for hydroxylation is 1. The maximum absolute atomic E-state index is 14.0. The zero-order valence-corrected chi connectivity index (χ0v) is 15.9. The molecule has 1 aliphatic rings. The largest absolute Gasteiger partial charge is 0.313 e. The van der Waals surface area contributed by atoms with Gasteiger partial charge in [0.2, 0.25) is 10.0 Å². The number of halogens is 1. The van der Waals surface area contributed by atoms with Crippen LogP contribution in [0.25, 0.3) is 11.2 Å². The van der Waals surface area contributed by atoms with E-state index in [4.69, 9.17) is 0 Å². The summed E-state index contributed by atoms with van der Waals surface area (Å²) in [7, 11) is -3.84. The molecule has 1 aliphatic heterocycles. The number of hydrogen-bond donors (Lipinski definition) is 0. The van der Waals surface area contributed by atoms with E-state index in [2.05, 4.69) is 9.97 Å². The van der Waals surface area contributed by atoms with Gasteiger partial charge in [-0.2, -0.15) is 4.31 Å². The predicted molar refractivity (Wildman–Crippen MR) is 100 cm³/mol. The topological polar surface area (TPSA) is 68.1 Å². The molecule has 1 atom stereocenters. The summed E-state index contributed by atoms with van der Waals surface area (Å²) in [4.78, 5) is 8.68. The summed E-state index contributed by atoms with van der Waals surface area (Å²) in [6.45, 7) is 3.35. The van der Waals surface area contributed by atoms with E-state index in [1.165, 1.54) is 22.5 Å². The standard InChI is InChI=1S/C19H21FN4O2S/c1-14-22-17-8-4-10-21-19(17)24(14)13-15-6-5-11-23(12-15)27(25,26)18-9-3-2-7-16(18)20/h2-4,7-10,15H,5-6,11-13H2,1H3. The van der Waals surface area contributed by atoms with E-state index in [1.807, 2.05) is 23.6 Å². The van der Waals surface area contributed by atoms with Gasteiger partial charge in [-0.15, -0.1) is 0 Å². The van der Waals surface area contributed by atoms with Crippen LogP contribution < -0.4 is 0 Å². The normalized spacial score (nSPS) is 18.8. The van der Waals surface area contributed by atoms with Gasteiger partial charge in [0.05, 0.1) is 0 Å². The third-order valence-corrected chi connectivity index (χ3v) is 6.97. The molecular formula is C19H21FN4O2S. The molecule has 0 bridgehead atoms. The molecule has 0 saturated carbocycles. The lowest BCUT2D eigenvalue weighted by Crippen LogP contribution is -2.41. The van der Waals surface area contributed by atoms with Gasteiger partial charge < -0.3 is 4.57 Å². The number of piperidine rings is 1. The molecule has 1 aromatic carbocycles. The van der Waals surface area contributed by atoms with E-state index in [0.29, 0.717) is 19.6 Å². The van der Waals surface area contributed by atoms with E-state index in [-0.39, 0.29) is 10.8 Å². The molecule has 1 unspecified atom stereocenters. The lowest BCUT2D eigenvalue weighted by Gasteiger charge is -2.32. The van der Waals surface area contributed by atoms with Gasteiger partial charge in [0.15, 0.2) is 5.65 Å². The molecule has 0 amide bonds. The summed E-state index contributed by atoms with van der Waals surface area (Å²) in [6.07, 6.45) is 3.39. The van der Waals surface area contributed by atoms with Crippen LogP contribution >= 0.6 is 0 Å². The molecule has 2 aromatic heterocycles.